The largest absolute Gasteiger partial charge is 0.348 e. The lowest BCUT2D eigenvalue weighted by Crippen LogP contribution is -2.40. The molecular formula is C16H26N2O. The van der Waals surface area contributed by atoms with Crippen molar-refractivity contribution >= 4 is 5.91 Å². The Morgan fingerprint density at radius 1 is 1.32 bits per heavy atom. The molecule has 1 aromatic rings. The molecule has 3 nitrogen and oxygen atoms in total. The summed E-state index contributed by atoms with van der Waals surface area (Å²) in [7, 11) is 0. The van der Waals surface area contributed by atoms with Crippen LogP contribution in [0.3, 0.4) is 0 Å². The fourth-order valence-electron chi connectivity index (χ4n) is 2.20. The normalized spacial score (nSPS) is 13.1. The number of nitrogens with two attached hydrogens (primary N) is 1. The molecule has 0 heterocycles. The van der Waals surface area contributed by atoms with E-state index in [0.29, 0.717) is 6.54 Å². The first-order chi connectivity index (χ1) is 8.90. The second kappa shape index (κ2) is 6.71. The third-order valence-corrected chi connectivity index (χ3v) is 3.24. The van der Waals surface area contributed by atoms with Gasteiger partial charge in [-0.1, -0.05) is 52.3 Å². The molecule has 0 saturated heterocycles. The summed E-state index contributed by atoms with van der Waals surface area (Å²) in [6, 6.07) is 7.85. The van der Waals surface area contributed by atoms with Gasteiger partial charge in [0.05, 0.1) is 0 Å². The SMILES string of the molecule is CCCC(CN)NC(=O)c1ccccc1C(C)(C)C. The molecule has 1 aromatic carbocycles. The van der Waals surface area contributed by atoms with Gasteiger partial charge in [-0.05, 0) is 23.5 Å². The zero-order valence-corrected chi connectivity index (χ0v) is 12.5. The topological polar surface area (TPSA) is 55.1 Å². The number of hydrogen-bond acceptors (Lipinski definition) is 2. The van der Waals surface area contributed by atoms with Crippen molar-refractivity contribution in [3.05, 3.63) is 35.4 Å². The Balaban J connectivity index is 2.94. The molecule has 0 aliphatic rings. The van der Waals surface area contributed by atoms with Gasteiger partial charge in [0.15, 0.2) is 0 Å². The highest BCUT2D eigenvalue weighted by Crippen LogP contribution is 2.25. The van der Waals surface area contributed by atoms with Crippen molar-refractivity contribution in [3.8, 4) is 0 Å². The number of rotatable bonds is 5. The smallest absolute Gasteiger partial charge is 0.251 e. The second-order valence-electron chi connectivity index (χ2n) is 5.99. The van der Waals surface area contributed by atoms with Crippen molar-refractivity contribution in [2.24, 2.45) is 5.73 Å². The Kier molecular flexibility index (Phi) is 5.55. The lowest BCUT2D eigenvalue weighted by molar-refractivity contribution is 0.0934. The van der Waals surface area contributed by atoms with Gasteiger partial charge in [0.25, 0.3) is 5.91 Å². The maximum absolute atomic E-state index is 12.4. The molecule has 0 fully saturated rings. The fourth-order valence-corrected chi connectivity index (χ4v) is 2.20. The van der Waals surface area contributed by atoms with Gasteiger partial charge in [-0.25, -0.2) is 0 Å². The molecule has 0 aliphatic heterocycles. The van der Waals surface area contributed by atoms with E-state index >= 15 is 0 Å². The van der Waals surface area contributed by atoms with E-state index in [-0.39, 0.29) is 17.4 Å². The van der Waals surface area contributed by atoms with Crippen LogP contribution < -0.4 is 11.1 Å². The van der Waals surface area contributed by atoms with Crippen molar-refractivity contribution in [3.63, 3.8) is 0 Å². The van der Waals surface area contributed by atoms with E-state index in [2.05, 4.69) is 33.0 Å². The summed E-state index contributed by atoms with van der Waals surface area (Å²) >= 11 is 0. The van der Waals surface area contributed by atoms with Crippen LogP contribution in [0.25, 0.3) is 0 Å². The van der Waals surface area contributed by atoms with Crippen molar-refractivity contribution in [1.82, 2.24) is 5.32 Å². The van der Waals surface area contributed by atoms with Gasteiger partial charge in [-0.3, -0.25) is 4.79 Å². The van der Waals surface area contributed by atoms with Gasteiger partial charge < -0.3 is 11.1 Å². The Bertz CT molecular complexity index is 421. The lowest BCUT2D eigenvalue weighted by Gasteiger charge is -2.24. The third-order valence-electron chi connectivity index (χ3n) is 3.24. The molecule has 3 N–H and O–H groups in total. The minimum Gasteiger partial charge on any atom is -0.348 e. The first kappa shape index (κ1) is 15.7. The minimum atomic E-state index is -0.0447. The molecule has 0 spiro atoms. The van der Waals surface area contributed by atoms with Crippen LogP contribution in [0.4, 0.5) is 0 Å². The summed E-state index contributed by atoms with van der Waals surface area (Å²) in [5.74, 6) is -0.0191. The molecule has 3 heteroatoms. The van der Waals surface area contributed by atoms with E-state index in [1.807, 2.05) is 24.3 Å². The molecule has 0 aromatic heterocycles. The van der Waals surface area contributed by atoms with E-state index in [0.717, 1.165) is 24.0 Å². The van der Waals surface area contributed by atoms with Crippen LogP contribution in [0.1, 0.15) is 56.5 Å². The van der Waals surface area contributed by atoms with Gasteiger partial charge in [-0.15, -0.1) is 0 Å². The molecule has 0 radical (unpaired) electrons. The summed E-state index contributed by atoms with van der Waals surface area (Å²) in [6.45, 7) is 8.93. The molecular weight excluding hydrogens is 236 g/mol. The number of carbonyl (C=O) groups is 1. The zero-order chi connectivity index (χ0) is 14.5. The summed E-state index contributed by atoms with van der Waals surface area (Å²) in [4.78, 5) is 12.4. The molecule has 19 heavy (non-hydrogen) atoms. The second-order valence-corrected chi connectivity index (χ2v) is 5.99. The van der Waals surface area contributed by atoms with Crippen LogP contribution in [0.15, 0.2) is 24.3 Å². The Morgan fingerprint density at radius 3 is 2.47 bits per heavy atom. The van der Waals surface area contributed by atoms with E-state index in [1.165, 1.54) is 0 Å². The average Bonchev–Trinajstić information content (AvgIpc) is 2.37. The van der Waals surface area contributed by atoms with Gasteiger partial charge >= 0.3 is 0 Å². The minimum absolute atomic E-state index is 0.0191. The first-order valence-corrected chi connectivity index (χ1v) is 7.00. The Labute approximate surface area is 116 Å². The Hall–Kier alpha value is -1.35. The fraction of sp³-hybridized carbons (Fsp3) is 0.562. The monoisotopic (exact) mass is 262 g/mol. The highest BCUT2D eigenvalue weighted by atomic mass is 16.1. The van der Waals surface area contributed by atoms with Crippen molar-refractivity contribution < 1.29 is 4.79 Å². The Morgan fingerprint density at radius 2 is 1.95 bits per heavy atom. The average molecular weight is 262 g/mol. The number of benzene rings is 1. The molecule has 0 bridgehead atoms. The number of hydrogen-bond donors (Lipinski definition) is 2. The maximum Gasteiger partial charge on any atom is 0.251 e. The predicted octanol–water partition coefficient (Wildman–Crippen LogP) is 2.84. The highest BCUT2D eigenvalue weighted by molar-refractivity contribution is 5.96. The number of nitrogens with one attached hydrogen (secondary N) is 1. The van der Waals surface area contributed by atoms with Gasteiger partial charge in [0.2, 0.25) is 0 Å². The molecule has 1 atom stereocenters. The standard InChI is InChI=1S/C16H26N2O/c1-5-8-12(11-17)18-15(19)13-9-6-7-10-14(13)16(2,3)4/h6-7,9-10,12H,5,8,11,17H2,1-4H3,(H,18,19). The molecule has 1 amide bonds. The van der Waals surface area contributed by atoms with E-state index in [4.69, 9.17) is 5.73 Å². The van der Waals surface area contributed by atoms with E-state index < -0.39 is 0 Å². The molecule has 1 rings (SSSR count). The van der Waals surface area contributed by atoms with Crippen molar-refractivity contribution in [1.29, 1.82) is 0 Å². The maximum atomic E-state index is 12.4. The molecule has 0 saturated carbocycles. The van der Waals surface area contributed by atoms with E-state index in [9.17, 15) is 4.79 Å². The number of amides is 1. The quantitative estimate of drug-likeness (QED) is 0.857. The van der Waals surface area contributed by atoms with Gasteiger partial charge in [0.1, 0.15) is 0 Å². The van der Waals surface area contributed by atoms with Crippen LogP contribution in [0.5, 0.6) is 0 Å². The lowest BCUT2D eigenvalue weighted by atomic mass is 9.83. The van der Waals surface area contributed by atoms with Crippen LogP contribution in [0, 0.1) is 0 Å². The summed E-state index contributed by atoms with van der Waals surface area (Å²) in [6.07, 6.45) is 1.93. The summed E-state index contributed by atoms with van der Waals surface area (Å²) < 4.78 is 0. The van der Waals surface area contributed by atoms with Gasteiger partial charge in [0, 0.05) is 18.2 Å². The van der Waals surface area contributed by atoms with Crippen LogP contribution in [-0.2, 0) is 5.41 Å². The van der Waals surface area contributed by atoms with Crippen molar-refractivity contribution in [2.45, 2.75) is 52.0 Å². The van der Waals surface area contributed by atoms with E-state index in [1.54, 1.807) is 0 Å². The zero-order valence-electron chi connectivity index (χ0n) is 12.5. The number of carbonyl (C=O) groups excluding carboxylic acids is 1. The van der Waals surface area contributed by atoms with Crippen LogP contribution >= 0.6 is 0 Å². The first-order valence-electron chi connectivity index (χ1n) is 7.00. The third kappa shape index (κ3) is 4.35. The van der Waals surface area contributed by atoms with Crippen LogP contribution in [-0.4, -0.2) is 18.5 Å². The molecule has 1 unspecified atom stereocenters. The predicted molar refractivity (Wildman–Crippen MR) is 80.4 cm³/mol. The molecule has 0 aliphatic carbocycles. The van der Waals surface area contributed by atoms with Crippen molar-refractivity contribution in [2.75, 3.05) is 6.54 Å². The van der Waals surface area contributed by atoms with Gasteiger partial charge in [-0.2, -0.15) is 0 Å². The highest BCUT2D eigenvalue weighted by Gasteiger charge is 2.22. The summed E-state index contributed by atoms with van der Waals surface area (Å²) in [5.41, 5.74) is 7.47. The molecule has 106 valence electrons. The summed E-state index contributed by atoms with van der Waals surface area (Å²) in [5, 5.41) is 3.03. The van der Waals surface area contributed by atoms with Crippen LogP contribution in [0.2, 0.25) is 0 Å².